The van der Waals surface area contributed by atoms with Gasteiger partial charge in [0.05, 0.1) is 17.3 Å². The standard InChI is InChI=1S/C23H19ClN2O3/c24-18-11-5-4-9-16(18)13-20(15-7-2-1-3-8-15)26-23(28)17-10-6-12-19-22(17)29-14-21(27)25-19/h1-12,20H,13-14H2,(H,25,27)(H,26,28). The Balaban J connectivity index is 1.63. The maximum atomic E-state index is 13.1. The smallest absolute Gasteiger partial charge is 0.262 e. The van der Waals surface area contributed by atoms with Gasteiger partial charge in [0.25, 0.3) is 11.8 Å². The first-order chi connectivity index (χ1) is 14.1. The average molecular weight is 407 g/mol. The third-order valence-electron chi connectivity index (χ3n) is 4.77. The van der Waals surface area contributed by atoms with Gasteiger partial charge in [-0.05, 0) is 35.7 Å². The largest absolute Gasteiger partial charge is 0.481 e. The molecule has 1 heterocycles. The average Bonchev–Trinajstić information content (AvgIpc) is 2.74. The van der Waals surface area contributed by atoms with Crippen LogP contribution in [0.25, 0.3) is 0 Å². The van der Waals surface area contributed by atoms with E-state index in [4.69, 9.17) is 16.3 Å². The fourth-order valence-electron chi connectivity index (χ4n) is 3.35. The lowest BCUT2D eigenvalue weighted by Gasteiger charge is -2.23. The van der Waals surface area contributed by atoms with E-state index in [2.05, 4.69) is 10.6 Å². The molecule has 29 heavy (non-hydrogen) atoms. The van der Waals surface area contributed by atoms with Gasteiger partial charge in [-0.25, -0.2) is 0 Å². The molecule has 0 saturated carbocycles. The third-order valence-corrected chi connectivity index (χ3v) is 5.14. The molecule has 146 valence electrons. The highest BCUT2D eigenvalue weighted by Gasteiger charge is 2.24. The van der Waals surface area contributed by atoms with Crippen molar-refractivity contribution in [1.82, 2.24) is 5.32 Å². The molecule has 0 spiro atoms. The van der Waals surface area contributed by atoms with Gasteiger partial charge < -0.3 is 15.4 Å². The van der Waals surface area contributed by atoms with Crippen LogP contribution in [0.15, 0.2) is 72.8 Å². The molecule has 4 rings (SSSR count). The van der Waals surface area contributed by atoms with Crippen molar-refractivity contribution in [1.29, 1.82) is 0 Å². The maximum Gasteiger partial charge on any atom is 0.262 e. The number of rotatable bonds is 5. The van der Waals surface area contributed by atoms with E-state index < -0.39 is 0 Å². The molecule has 2 N–H and O–H groups in total. The van der Waals surface area contributed by atoms with Crippen LogP contribution in [0.2, 0.25) is 5.02 Å². The van der Waals surface area contributed by atoms with Gasteiger partial charge in [0, 0.05) is 5.02 Å². The number of carbonyl (C=O) groups is 2. The summed E-state index contributed by atoms with van der Waals surface area (Å²) in [6.45, 7) is -0.112. The van der Waals surface area contributed by atoms with Crippen LogP contribution in [0.1, 0.15) is 27.5 Å². The number of hydrogen-bond acceptors (Lipinski definition) is 3. The molecule has 0 fully saturated rings. The van der Waals surface area contributed by atoms with E-state index in [1.54, 1.807) is 18.2 Å². The fourth-order valence-corrected chi connectivity index (χ4v) is 3.56. The molecule has 1 unspecified atom stereocenters. The summed E-state index contributed by atoms with van der Waals surface area (Å²) in [6, 6.07) is 22.2. The summed E-state index contributed by atoms with van der Waals surface area (Å²) >= 11 is 6.34. The zero-order valence-electron chi connectivity index (χ0n) is 15.5. The summed E-state index contributed by atoms with van der Waals surface area (Å²) in [7, 11) is 0. The molecule has 0 aromatic heterocycles. The SMILES string of the molecule is O=C1COc2c(cccc2C(=O)NC(Cc2ccccc2Cl)c2ccccc2)N1. The molecule has 5 nitrogen and oxygen atoms in total. The summed E-state index contributed by atoms with van der Waals surface area (Å²) in [4.78, 5) is 24.7. The normalized spacial score (nSPS) is 13.6. The third kappa shape index (κ3) is 4.25. The number of amides is 2. The van der Waals surface area contributed by atoms with E-state index in [9.17, 15) is 9.59 Å². The molecule has 1 aliphatic heterocycles. The Kier molecular flexibility index (Phi) is 5.49. The molecule has 1 aliphatic rings. The quantitative estimate of drug-likeness (QED) is 0.660. The molecule has 3 aromatic carbocycles. The summed E-state index contributed by atoms with van der Waals surface area (Å²) in [5.74, 6) is -0.135. The summed E-state index contributed by atoms with van der Waals surface area (Å²) in [5.41, 5.74) is 2.79. The monoisotopic (exact) mass is 406 g/mol. The van der Waals surface area contributed by atoms with E-state index in [0.717, 1.165) is 11.1 Å². The molecule has 3 aromatic rings. The predicted molar refractivity (Wildman–Crippen MR) is 112 cm³/mol. The highest BCUT2D eigenvalue weighted by Crippen LogP contribution is 2.32. The number of ether oxygens (including phenoxy) is 1. The molecular weight excluding hydrogens is 388 g/mol. The van der Waals surface area contributed by atoms with Crippen molar-refractivity contribution in [3.63, 3.8) is 0 Å². The van der Waals surface area contributed by atoms with Crippen molar-refractivity contribution < 1.29 is 14.3 Å². The number of halogens is 1. The van der Waals surface area contributed by atoms with Gasteiger partial charge in [-0.2, -0.15) is 0 Å². The lowest BCUT2D eigenvalue weighted by Crippen LogP contribution is -2.32. The van der Waals surface area contributed by atoms with Gasteiger partial charge in [-0.15, -0.1) is 0 Å². The van der Waals surface area contributed by atoms with E-state index in [1.165, 1.54) is 0 Å². The lowest BCUT2D eigenvalue weighted by atomic mass is 9.98. The number of nitrogens with one attached hydrogen (secondary N) is 2. The zero-order chi connectivity index (χ0) is 20.2. The number of benzene rings is 3. The van der Waals surface area contributed by atoms with Gasteiger partial charge in [0.2, 0.25) is 0 Å². The minimum absolute atomic E-state index is 0.112. The Morgan fingerprint density at radius 1 is 1.03 bits per heavy atom. The highest BCUT2D eigenvalue weighted by atomic mass is 35.5. The second-order valence-electron chi connectivity index (χ2n) is 6.75. The molecule has 0 saturated heterocycles. The number of fused-ring (bicyclic) bond motifs is 1. The number of para-hydroxylation sites is 1. The summed E-state index contributed by atoms with van der Waals surface area (Å²) in [5, 5.41) is 6.48. The van der Waals surface area contributed by atoms with Gasteiger partial charge >= 0.3 is 0 Å². The minimum atomic E-state index is -0.280. The summed E-state index contributed by atoms with van der Waals surface area (Å²) < 4.78 is 5.52. The van der Waals surface area contributed by atoms with Crippen LogP contribution in [0, 0.1) is 0 Å². The minimum Gasteiger partial charge on any atom is -0.481 e. The molecule has 0 bridgehead atoms. The van der Waals surface area contributed by atoms with Gasteiger partial charge in [0.15, 0.2) is 12.4 Å². The zero-order valence-corrected chi connectivity index (χ0v) is 16.3. The number of carbonyl (C=O) groups excluding carboxylic acids is 2. The van der Waals surface area contributed by atoms with Gasteiger partial charge in [0.1, 0.15) is 0 Å². The van der Waals surface area contributed by atoms with E-state index in [-0.39, 0.29) is 24.5 Å². The first kappa shape index (κ1) is 19.0. The molecule has 6 heteroatoms. The second-order valence-corrected chi connectivity index (χ2v) is 7.16. The predicted octanol–water partition coefficient (Wildman–Crippen LogP) is 4.38. The van der Waals surface area contributed by atoms with Crippen molar-refractivity contribution in [2.24, 2.45) is 0 Å². The molecule has 0 radical (unpaired) electrons. The molecule has 0 aliphatic carbocycles. The van der Waals surface area contributed by atoms with Gasteiger partial charge in [-0.3, -0.25) is 9.59 Å². The van der Waals surface area contributed by atoms with Crippen LogP contribution in [0.3, 0.4) is 0 Å². The van der Waals surface area contributed by atoms with Crippen LogP contribution in [0.5, 0.6) is 5.75 Å². The molecule has 2 amide bonds. The Bertz CT molecular complexity index is 1050. The van der Waals surface area contributed by atoms with Crippen molar-refractivity contribution in [3.05, 3.63) is 94.5 Å². The first-order valence-corrected chi connectivity index (χ1v) is 9.64. The molecule has 1 atom stereocenters. The number of anilines is 1. The second kappa shape index (κ2) is 8.37. The van der Waals surface area contributed by atoms with Crippen LogP contribution in [-0.2, 0) is 11.2 Å². The van der Waals surface area contributed by atoms with Crippen molar-refractivity contribution in [2.45, 2.75) is 12.5 Å². The maximum absolute atomic E-state index is 13.1. The fraction of sp³-hybridized carbons (Fsp3) is 0.130. The van der Waals surface area contributed by atoms with Gasteiger partial charge in [-0.1, -0.05) is 66.2 Å². The van der Waals surface area contributed by atoms with Crippen molar-refractivity contribution >= 4 is 29.1 Å². The number of hydrogen-bond donors (Lipinski definition) is 2. The van der Waals surface area contributed by atoms with Crippen LogP contribution in [0.4, 0.5) is 5.69 Å². The van der Waals surface area contributed by atoms with E-state index in [0.29, 0.717) is 28.4 Å². The highest BCUT2D eigenvalue weighted by molar-refractivity contribution is 6.31. The first-order valence-electron chi connectivity index (χ1n) is 9.26. The van der Waals surface area contributed by atoms with Crippen LogP contribution in [-0.4, -0.2) is 18.4 Å². The summed E-state index contributed by atoms with van der Waals surface area (Å²) in [6.07, 6.45) is 0.544. The Morgan fingerprint density at radius 2 is 1.79 bits per heavy atom. The van der Waals surface area contributed by atoms with Crippen LogP contribution < -0.4 is 15.4 Å². The van der Waals surface area contributed by atoms with Crippen molar-refractivity contribution in [3.8, 4) is 5.75 Å². The topological polar surface area (TPSA) is 67.4 Å². The molecular formula is C23H19ClN2O3. The Labute approximate surface area is 173 Å². The lowest BCUT2D eigenvalue weighted by molar-refractivity contribution is -0.118. The van der Waals surface area contributed by atoms with E-state index in [1.807, 2.05) is 54.6 Å². The Hall–Kier alpha value is -3.31. The van der Waals surface area contributed by atoms with Crippen LogP contribution >= 0.6 is 11.6 Å². The van der Waals surface area contributed by atoms with Crippen molar-refractivity contribution in [2.75, 3.05) is 11.9 Å². The van der Waals surface area contributed by atoms with E-state index >= 15 is 0 Å². The Morgan fingerprint density at radius 3 is 2.59 bits per heavy atom.